The number of carbonyl (C=O) groups excluding carboxylic acids is 1. The van der Waals surface area contributed by atoms with E-state index in [0.717, 1.165) is 5.56 Å². The van der Waals surface area contributed by atoms with Crippen LogP contribution in [0.2, 0.25) is 0 Å². The van der Waals surface area contributed by atoms with Crippen LogP contribution in [0.4, 0.5) is 5.69 Å². The zero-order chi connectivity index (χ0) is 15.8. The van der Waals surface area contributed by atoms with E-state index in [4.69, 9.17) is 10.5 Å². The number of amides is 1. The largest absolute Gasteiger partial charge is 0.384 e. The molecule has 1 amide bonds. The summed E-state index contributed by atoms with van der Waals surface area (Å²) in [5.74, 6) is 0.595. The molecule has 0 fully saturated rings. The van der Waals surface area contributed by atoms with Gasteiger partial charge in [-0.25, -0.2) is 0 Å². The van der Waals surface area contributed by atoms with E-state index >= 15 is 0 Å². The molecule has 3 N–H and O–H groups in total. The van der Waals surface area contributed by atoms with E-state index in [1.807, 2.05) is 24.3 Å². The van der Waals surface area contributed by atoms with Crippen LogP contribution in [0.3, 0.4) is 0 Å². The quantitative estimate of drug-likeness (QED) is 0.762. The summed E-state index contributed by atoms with van der Waals surface area (Å²) in [6.45, 7) is 4.08. The Morgan fingerprint density at radius 3 is 2.76 bits per heavy atom. The monoisotopic (exact) mass is 312 g/mol. The molecule has 5 nitrogen and oxygen atoms in total. The van der Waals surface area contributed by atoms with Crippen LogP contribution in [0.15, 0.2) is 24.3 Å². The predicted molar refractivity (Wildman–Crippen MR) is 86.5 cm³/mol. The molecular formula is C15H24N2O3S. The molecule has 0 heterocycles. The average Bonchev–Trinajstić information content (AvgIpc) is 2.44. The second-order valence-electron chi connectivity index (χ2n) is 5.12. The maximum atomic E-state index is 12.0. The highest BCUT2D eigenvalue weighted by atomic mass is 32.2. The Kier molecular flexibility index (Phi) is 7.56. The first-order chi connectivity index (χ1) is 9.93. The summed E-state index contributed by atoms with van der Waals surface area (Å²) in [5.41, 5.74) is 7.35. The first-order valence-electron chi connectivity index (χ1n) is 6.93. The number of nitrogens with two attached hydrogens (primary N) is 1. The summed E-state index contributed by atoms with van der Waals surface area (Å²) >= 11 is 0. The van der Waals surface area contributed by atoms with Gasteiger partial charge in [-0.2, -0.15) is 0 Å². The SMILES string of the molecule is COCCS(=O)Cc1cccc(NC(=O)C(C)C(C)N)c1. The topological polar surface area (TPSA) is 81.4 Å². The molecule has 21 heavy (non-hydrogen) atoms. The van der Waals surface area contributed by atoms with E-state index in [0.29, 0.717) is 23.8 Å². The van der Waals surface area contributed by atoms with Crippen LogP contribution in [-0.4, -0.2) is 35.6 Å². The Hall–Kier alpha value is -1.24. The summed E-state index contributed by atoms with van der Waals surface area (Å²) in [4.78, 5) is 12.0. The van der Waals surface area contributed by atoms with Gasteiger partial charge in [0.05, 0.1) is 12.5 Å². The Morgan fingerprint density at radius 1 is 1.43 bits per heavy atom. The van der Waals surface area contributed by atoms with Gasteiger partial charge in [0.25, 0.3) is 0 Å². The second kappa shape index (κ2) is 8.92. The number of anilines is 1. The first kappa shape index (κ1) is 17.8. The third kappa shape index (κ3) is 6.37. The molecule has 0 aliphatic heterocycles. The normalized spacial score (nSPS) is 15.2. The second-order valence-corrected chi connectivity index (χ2v) is 6.70. The van der Waals surface area contributed by atoms with Crippen molar-refractivity contribution in [2.75, 3.05) is 24.8 Å². The third-order valence-corrected chi connectivity index (χ3v) is 4.52. The molecule has 0 saturated carbocycles. The maximum Gasteiger partial charge on any atom is 0.228 e. The molecule has 0 aliphatic rings. The lowest BCUT2D eigenvalue weighted by atomic mass is 10.0. The van der Waals surface area contributed by atoms with Crippen molar-refractivity contribution in [3.05, 3.63) is 29.8 Å². The Bertz CT molecular complexity index is 492. The third-order valence-electron chi connectivity index (χ3n) is 3.24. The fraction of sp³-hybridized carbons (Fsp3) is 0.533. The van der Waals surface area contributed by atoms with Crippen molar-refractivity contribution >= 4 is 22.4 Å². The molecule has 0 spiro atoms. The number of ether oxygens (including phenoxy) is 1. The highest BCUT2D eigenvalue weighted by Crippen LogP contribution is 2.14. The lowest BCUT2D eigenvalue weighted by molar-refractivity contribution is -0.119. The smallest absolute Gasteiger partial charge is 0.228 e. The first-order valence-corrected chi connectivity index (χ1v) is 8.42. The summed E-state index contributed by atoms with van der Waals surface area (Å²) < 4.78 is 16.7. The van der Waals surface area contributed by atoms with Crippen molar-refractivity contribution in [3.8, 4) is 0 Å². The van der Waals surface area contributed by atoms with Gasteiger partial charge in [0, 0.05) is 41.1 Å². The fourth-order valence-corrected chi connectivity index (χ4v) is 2.72. The molecular weight excluding hydrogens is 288 g/mol. The highest BCUT2D eigenvalue weighted by molar-refractivity contribution is 7.84. The molecule has 3 unspecified atom stereocenters. The maximum absolute atomic E-state index is 12.0. The van der Waals surface area contributed by atoms with Gasteiger partial charge in [0.1, 0.15) is 0 Å². The van der Waals surface area contributed by atoms with E-state index in [-0.39, 0.29) is 17.9 Å². The van der Waals surface area contributed by atoms with Crippen molar-refractivity contribution in [2.45, 2.75) is 25.6 Å². The standard InChI is InChI=1S/C15H24N2O3S/c1-11(12(2)16)15(18)17-14-6-4-5-13(9-14)10-21(19)8-7-20-3/h4-6,9,11-12H,7-8,10,16H2,1-3H3,(H,17,18). The molecule has 1 aromatic rings. The Labute approximate surface area is 128 Å². The molecule has 3 atom stereocenters. The van der Waals surface area contributed by atoms with Crippen LogP contribution in [0.1, 0.15) is 19.4 Å². The molecule has 6 heteroatoms. The molecule has 0 aromatic heterocycles. The van der Waals surface area contributed by atoms with Crippen molar-refractivity contribution in [3.63, 3.8) is 0 Å². The Balaban J connectivity index is 2.64. The van der Waals surface area contributed by atoms with Gasteiger partial charge in [0.15, 0.2) is 0 Å². The summed E-state index contributed by atoms with van der Waals surface area (Å²) in [5, 5.41) is 2.84. The van der Waals surface area contributed by atoms with Crippen LogP contribution < -0.4 is 11.1 Å². The van der Waals surface area contributed by atoms with Gasteiger partial charge in [-0.3, -0.25) is 9.00 Å². The van der Waals surface area contributed by atoms with Crippen LogP contribution >= 0.6 is 0 Å². The summed E-state index contributed by atoms with van der Waals surface area (Å²) in [6, 6.07) is 7.20. The van der Waals surface area contributed by atoms with Gasteiger partial charge >= 0.3 is 0 Å². The van der Waals surface area contributed by atoms with Crippen molar-refractivity contribution < 1.29 is 13.7 Å². The van der Waals surface area contributed by atoms with E-state index in [1.165, 1.54) is 0 Å². The minimum absolute atomic E-state index is 0.109. The zero-order valence-electron chi connectivity index (χ0n) is 12.8. The number of methoxy groups -OCH3 is 1. The van der Waals surface area contributed by atoms with Crippen LogP contribution in [0.5, 0.6) is 0 Å². The average molecular weight is 312 g/mol. The number of hydrogen-bond acceptors (Lipinski definition) is 4. The molecule has 0 radical (unpaired) electrons. The number of hydrogen-bond donors (Lipinski definition) is 2. The summed E-state index contributed by atoms with van der Waals surface area (Å²) in [7, 11) is 0.625. The van der Waals surface area contributed by atoms with E-state index in [9.17, 15) is 9.00 Å². The number of rotatable bonds is 8. The van der Waals surface area contributed by atoms with Crippen molar-refractivity contribution in [1.29, 1.82) is 0 Å². The number of benzene rings is 1. The molecule has 0 bridgehead atoms. The summed E-state index contributed by atoms with van der Waals surface area (Å²) in [6.07, 6.45) is 0. The minimum Gasteiger partial charge on any atom is -0.384 e. The number of nitrogens with one attached hydrogen (secondary N) is 1. The zero-order valence-corrected chi connectivity index (χ0v) is 13.6. The van der Waals surface area contributed by atoms with Gasteiger partial charge in [-0.15, -0.1) is 0 Å². The molecule has 0 saturated heterocycles. The van der Waals surface area contributed by atoms with Gasteiger partial charge in [0.2, 0.25) is 5.91 Å². The van der Waals surface area contributed by atoms with E-state index < -0.39 is 10.8 Å². The fourth-order valence-electron chi connectivity index (χ4n) is 1.67. The number of carbonyl (C=O) groups is 1. The van der Waals surface area contributed by atoms with Crippen LogP contribution in [-0.2, 0) is 26.1 Å². The molecule has 1 rings (SSSR count). The van der Waals surface area contributed by atoms with Crippen LogP contribution in [0, 0.1) is 5.92 Å². The van der Waals surface area contributed by atoms with Gasteiger partial charge in [-0.05, 0) is 24.6 Å². The lowest BCUT2D eigenvalue weighted by Crippen LogP contribution is -2.34. The van der Waals surface area contributed by atoms with Crippen molar-refractivity contribution in [1.82, 2.24) is 0 Å². The van der Waals surface area contributed by atoms with E-state index in [1.54, 1.807) is 21.0 Å². The molecule has 1 aromatic carbocycles. The van der Waals surface area contributed by atoms with Gasteiger partial charge in [-0.1, -0.05) is 19.1 Å². The molecule has 0 aliphatic carbocycles. The Morgan fingerprint density at radius 2 is 2.14 bits per heavy atom. The minimum atomic E-state index is -0.966. The van der Waals surface area contributed by atoms with Crippen LogP contribution in [0.25, 0.3) is 0 Å². The van der Waals surface area contributed by atoms with E-state index in [2.05, 4.69) is 5.32 Å². The van der Waals surface area contributed by atoms with Crippen molar-refractivity contribution in [2.24, 2.45) is 11.7 Å². The highest BCUT2D eigenvalue weighted by Gasteiger charge is 2.17. The lowest BCUT2D eigenvalue weighted by Gasteiger charge is -2.15. The molecule has 118 valence electrons. The van der Waals surface area contributed by atoms with Gasteiger partial charge < -0.3 is 15.8 Å². The predicted octanol–water partition coefficient (Wildman–Crippen LogP) is 1.50.